The van der Waals surface area contributed by atoms with E-state index in [0.29, 0.717) is 12.1 Å². The van der Waals surface area contributed by atoms with Gasteiger partial charge in [0, 0.05) is 12.2 Å². The van der Waals surface area contributed by atoms with Crippen LogP contribution in [-0.2, 0) is 19.4 Å². The maximum Gasteiger partial charge on any atom is 0.261 e. The second kappa shape index (κ2) is 4.37. The second-order valence-corrected chi connectivity index (χ2v) is 4.59. The lowest BCUT2D eigenvalue weighted by molar-refractivity contribution is 0.591. The van der Waals surface area contributed by atoms with E-state index in [1.54, 1.807) is 0 Å². The Morgan fingerprint density at radius 3 is 2.81 bits per heavy atom. The highest BCUT2D eigenvalue weighted by Gasteiger charge is 2.17. The molecule has 0 saturated heterocycles. The molecule has 16 heavy (non-hydrogen) atoms. The summed E-state index contributed by atoms with van der Waals surface area (Å²) >= 11 is 4.93. The summed E-state index contributed by atoms with van der Waals surface area (Å²) < 4.78 is 1.82. The molecule has 1 aliphatic rings. The van der Waals surface area contributed by atoms with Gasteiger partial charge < -0.3 is 10.3 Å². The fraction of sp³-hybridized carbons (Fsp3) is 0.500. The van der Waals surface area contributed by atoms with Crippen LogP contribution in [0.25, 0.3) is 0 Å². The minimum Gasteiger partial charge on any atom is -0.389 e. The Labute approximate surface area is 100 Å². The summed E-state index contributed by atoms with van der Waals surface area (Å²) in [6.07, 6.45) is 4.38. The van der Waals surface area contributed by atoms with Gasteiger partial charge in [0.1, 0.15) is 4.99 Å². The zero-order valence-electron chi connectivity index (χ0n) is 9.45. The third-order valence-electron chi connectivity index (χ3n) is 3.18. The van der Waals surface area contributed by atoms with E-state index < -0.39 is 0 Å². The molecular weight excluding hydrogens is 220 g/mol. The summed E-state index contributed by atoms with van der Waals surface area (Å²) in [5.41, 5.74) is 8.48. The summed E-state index contributed by atoms with van der Waals surface area (Å²) in [6, 6.07) is 1.89. The van der Waals surface area contributed by atoms with Crippen molar-refractivity contribution in [2.24, 2.45) is 5.73 Å². The van der Waals surface area contributed by atoms with Gasteiger partial charge in [0.2, 0.25) is 0 Å². The van der Waals surface area contributed by atoms with E-state index in [1.807, 2.05) is 17.6 Å². The third kappa shape index (κ3) is 1.78. The van der Waals surface area contributed by atoms with Crippen LogP contribution in [0.5, 0.6) is 0 Å². The van der Waals surface area contributed by atoms with Crippen LogP contribution in [0.3, 0.4) is 0 Å². The lowest BCUT2D eigenvalue weighted by Crippen LogP contribution is -2.32. The second-order valence-electron chi connectivity index (χ2n) is 4.15. The standard InChI is InChI=1S/C12H16N2OS/c1-2-14-10-6-4-3-5-8(10)7-9(11(13)16)12(14)15/h7H,2-6H2,1H3,(H2,13,16). The molecular formula is C12H16N2OS. The van der Waals surface area contributed by atoms with Gasteiger partial charge in [-0.15, -0.1) is 0 Å². The third-order valence-corrected chi connectivity index (χ3v) is 3.40. The summed E-state index contributed by atoms with van der Waals surface area (Å²) in [6.45, 7) is 2.68. The van der Waals surface area contributed by atoms with Crippen molar-refractivity contribution in [1.82, 2.24) is 4.57 Å². The number of hydrogen-bond acceptors (Lipinski definition) is 2. The fourth-order valence-electron chi connectivity index (χ4n) is 2.39. The van der Waals surface area contributed by atoms with Crippen LogP contribution in [0.15, 0.2) is 10.9 Å². The van der Waals surface area contributed by atoms with Crippen LogP contribution >= 0.6 is 12.2 Å². The maximum atomic E-state index is 12.1. The van der Waals surface area contributed by atoms with Crippen LogP contribution in [0.2, 0.25) is 0 Å². The Hall–Kier alpha value is -1.16. The molecule has 0 aliphatic heterocycles. The van der Waals surface area contributed by atoms with Crippen molar-refractivity contribution in [3.63, 3.8) is 0 Å². The van der Waals surface area contributed by atoms with Crippen molar-refractivity contribution in [2.75, 3.05) is 0 Å². The summed E-state index contributed by atoms with van der Waals surface area (Å²) in [4.78, 5) is 12.3. The molecule has 0 amide bonds. The van der Waals surface area contributed by atoms with E-state index in [9.17, 15) is 4.79 Å². The highest BCUT2D eigenvalue weighted by molar-refractivity contribution is 7.80. The molecule has 0 unspecified atom stereocenters. The van der Waals surface area contributed by atoms with Crippen LogP contribution in [-0.4, -0.2) is 9.56 Å². The van der Waals surface area contributed by atoms with E-state index >= 15 is 0 Å². The Morgan fingerprint density at radius 2 is 2.19 bits per heavy atom. The summed E-state index contributed by atoms with van der Waals surface area (Å²) in [7, 11) is 0. The molecule has 0 atom stereocenters. The molecule has 3 nitrogen and oxygen atoms in total. The minimum absolute atomic E-state index is 0.0318. The molecule has 86 valence electrons. The average Bonchev–Trinajstić information content (AvgIpc) is 2.28. The first-order valence-corrected chi connectivity index (χ1v) is 6.11. The lowest BCUT2D eigenvalue weighted by atomic mass is 9.94. The minimum atomic E-state index is -0.0318. The maximum absolute atomic E-state index is 12.1. The predicted octanol–water partition coefficient (Wildman–Crippen LogP) is 1.38. The van der Waals surface area contributed by atoms with Gasteiger partial charge in [-0.25, -0.2) is 0 Å². The Bertz CT molecular complexity index is 491. The van der Waals surface area contributed by atoms with E-state index in [0.717, 1.165) is 12.8 Å². The van der Waals surface area contributed by atoms with Crippen LogP contribution in [0, 0.1) is 0 Å². The average molecular weight is 236 g/mol. The smallest absolute Gasteiger partial charge is 0.261 e. The van der Waals surface area contributed by atoms with Crippen molar-refractivity contribution in [1.29, 1.82) is 0 Å². The molecule has 1 aromatic rings. The van der Waals surface area contributed by atoms with E-state index in [2.05, 4.69) is 0 Å². The van der Waals surface area contributed by atoms with Gasteiger partial charge in [0.25, 0.3) is 5.56 Å². The number of aromatic nitrogens is 1. The van der Waals surface area contributed by atoms with Crippen LogP contribution < -0.4 is 11.3 Å². The highest BCUT2D eigenvalue weighted by atomic mass is 32.1. The quantitative estimate of drug-likeness (QED) is 0.789. The molecule has 1 heterocycles. The largest absolute Gasteiger partial charge is 0.389 e. The Morgan fingerprint density at radius 1 is 1.50 bits per heavy atom. The van der Waals surface area contributed by atoms with E-state index in [-0.39, 0.29) is 10.5 Å². The molecule has 0 bridgehead atoms. The van der Waals surface area contributed by atoms with Gasteiger partial charge >= 0.3 is 0 Å². The van der Waals surface area contributed by atoms with Gasteiger partial charge in [-0.3, -0.25) is 4.79 Å². The number of pyridine rings is 1. The zero-order valence-corrected chi connectivity index (χ0v) is 10.3. The number of hydrogen-bond donors (Lipinski definition) is 1. The topological polar surface area (TPSA) is 48.0 Å². The molecule has 0 fully saturated rings. The first-order chi connectivity index (χ1) is 7.65. The van der Waals surface area contributed by atoms with Gasteiger partial charge in [-0.2, -0.15) is 0 Å². The number of rotatable bonds is 2. The number of nitrogens with two attached hydrogens (primary N) is 1. The first kappa shape index (κ1) is 11.3. The molecule has 1 aliphatic carbocycles. The van der Waals surface area contributed by atoms with E-state index in [1.165, 1.54) is 24.1 Å². The summed E-state index contributed by atoms with van der Waals surface area (Å²) in [5, 5.41) is 0. The fourth-order valence-corrected chi connectivity index (χ4v) is 2.54. The SMILES string of the molecule is CCn1c2c(cc(C(N)=S)c1=O)CCCC2. The van der Waals surface area contributed by atoms with Crippen molar-refractivity contribution >= 4 is 17.2 Å². The van der Waals surface area contributed by atoms with Gasteiger partial charge in [-0.05, 0) is 44.2 Å². The molecule has 0 aromatic carbocycles. The normalized spacial score (nSPS) is 14.6. The van der Waals surface area contributed by atoms with Crippen molar-refractivity contribution in [3.8, 4) is 0 Å². The molecule has 0 radical (unpaired) electrons. The zero-order chi connectivity index (χ0) is 11.7. The number of thiocarbonyl (C=S) groups is 1. The molecule has 0 spiro atoms. The molecule has 4 heteroatoms. The molecule has 2 N–H and O–H groups in total. The monoisotopic (exact) mass is 236 g/mol. The highest BCUT2D eigenvalue weighted by Crippen LogP contribution is 2.20. The number of fused-ring (bicyclic) bond motifs is 1. The molecule has 1 aromatic heterocycles. The summed E-state index contributed by atoms with van der Waals surface area (Å²) in [5.74, 6) is 0. The van der Waals surface area contributed by atoms with Crippen LogP contribution in [0.4, 0.5) is 0 Å². The van der Waals surface area contributed by atoms with Gasteiger partial charge in [-0.1, -0.05) is 12.2 Å². The first-order valence-electron chi connectivity index (χ1n) is 5.70. The lowest BCUT2D eigenvalue weighted by Gasteiger charge is -2.21. The molecule has 2 rings (SSSR count). The van der Waals surface area contributed by atoms with E-state index in [4.69, 9.17) is 18.0 Å². The predicted molar refractivity (Wildman–Crippen MR) is 68.9 cm³/mol. The molecule has 0 saturated carbocycles. The Kier molecular flexibility index (Phi) is 3.10. The van der Waals surface area contributed by atoms with Crippen molar-refractivity contribution in [2.45, 2.75) is 39.2 Å². The van der Waals surface area contributed by atoms with Crippen molar-refractivity contribution in [3.05, 3.63) is 33.2 Å². The Balaban J connectivity index is 2.69. The number of nitrogens with zero attached hydrogens (tertiary/aromatic N) is 1. The number of aryl methyl sites for hydroxylation is 1. The van der Waals surface area contributed by atoms with Crippen LogP contribution in [0.1, 0.15) is 36.6 Å². The van der Waals surface area contributed by atoms with Crippen molar-refractivity contribution < 1.29 is 0 Å². The van der Waals surface area contributed by atoms with Gasteiger partial charge in [0.15, 0.2) is 0 Å². The van der Waals surface area contributed by atoms with Gasteiger partial charge in [0.05, 0.1) is 5.56 Å².